The Labute approximate surface area is 169 Å². The summed E-state index contributed by atoms with van der Waals surface area (Å²) in [6, 6.07) is 10.9. The maximum atomic E-state index is 4.75. The summed E-state index contributed by atoms with van der Waals surface area (Å²) < 4.78 is 1.97. The van der Waals surface area contributed by atoms with Gasteiger partial charge in [-0.25, -0.2) is 4.99 Å². The molecule has 3 rings (SSSR count). The van der Waals surface area contributed by atoms with Gasteiger partial charge in [0.2, 0.25) is 0 Å². The summed E-state index contributed by atoms with van der Waals surface area (Å²) in [5.41, 5.74) is 2.64. The van der Waals surface area contributed by atoms with Crippen LogP contribution < -0.4 is 10.6 Å². The molecule has 0 radical (unpaired) electrons. The minimum absolute atomic E-state index is 0.466. The van der Waals surface area contributed by atoms with E-state index in [4.69, 9.17) is 4.99 Å². The molecule has 1 unspecified atom stereocenters. The highest BCUT2D eigenvalue weighted by atomic mass is 15.3. The zero-order valence-electron chi connectivity index (χ0n) is 17.3. The summed E-state index contributed by atoms with van der Waals surface area (Å²) in [5.74, 6) is 1.34. The van der Waals surface area contributed by atoms with Crippen LogP contribution in [0.1, 0.15) is 37.8 Å². The fourth-order valence-corrected chi connectivity index (χ4v) is 3.52. The molecule has 2 heterocycles. The van der Waals surface area contributed by atoms with Gasteiger partial charge in [-0.05, 0) is 56.0 Å². The molecular weight excluding hydrogens is 348 g/mol. The van der Waals surface area contributed by atoms with Gasteiger partial charge in [-0.15, -0.1) is 0 Å². The Balaban J connectivity index is 1.47. The van der Waals surface area contributed by atoms with E-state index < -0.39 is 0 Å². The number of likely N-dealkylation sites (tertiary alicyclic amines) is 1. The molecule has 152 valence electrons. The molecule has 1 aromatic carbocycles. The van der Waals surface area contributed by atoms with Crippen LogP contribution in [0.3, 0.4) is 0 Å². The van der Waals surface area contributed by atoms with Crippen LogP contribution in [0.25, 0.3) is 0 Å². The summed E-state index contributed by atoms with van der Waals surface area (Å²) in [6.07, 6.45) is 6.51. The third-order valence-electron chi connectivity index (χ3n) is 5.07. The minimum atomic E-state index is 0.466. The Morgan fingerprint density at radius 3 is 2.57 bits per heavy atom. The average Bonchev–Trinajstić information content (AvgIpc) is 3.39. The summed E-state index contributed by atoms with van der Waals surface area (Å²) in [6.45, 7) is 11.2. The highest BCUT2D eigenvalue weighted by Gasteiger charge is 2.11. The third kappa shape index (κ3) is 6.68. The first-order chi connectivity index (χ1) is 13.7. The summed E-state index contributed by atoms with van der Waals surface area (Å²) in [5, 5.41) is 11.1. The van der Waals surface area contributed by atoms with E-state index >= 15 is 0 Å². The molecule has 6 heteroatoms. The van der Waals surface area contributed by atoms with Gasteiger partial charge in [0.25, 0.3) is 0 Å². The second-order valence-electron chi connectivity index (χ2n) is 7.71. The van der Waals surface area contributed by atoms with Gasteiger partial charge in [-0.2, -0.15) is 5.10 Å². The van der Waals surface area contributed by atoms with Crippen molar-refractivity contribution in [2.45, 2.75) is 46.3 Å². The number of nitrogens with zero attached hydrogens (tertiary/aromatic N) is 4. The topological polar surface area (TPSA) is 57.5 Å². The van der Waals surface area contributed by atoms with Gasteiger partial charge in [-0.3, -0.25) is 9.58 Å². The van der Waals surface area contributed by atoms with Gasteiger partial charge in [-0.1, -0.05) is 31.2 Å². The van der Waals surface area contributed by atoms with Crippen LogP contribution >= 0.6 is 0 Å². The Hall–Kier alpha value is -2.34. The van der Waals surface area contributed by atoms with Crippen LogP contribution in [0.5, 0.6) is 0 Å². The molecule has 2 N–H and O–H groups in total. The van der Waals surface area contributed by atoms with Crippen LogP contribution in [0, 0.1) is 5.92 Å². The monoisotopic (exact) mass is 382 g/mol. The molecule has 0 saturated carbocycles. The van der Waals surface area contributed by atoms with E-state index in [1.54, 1.807) is 0 Å². The van der Waals surface area contributed by atoms with Crippen molar-refractivity contribution in [2.24, 2.45) is 10.9 Å². The van der Waals surface area contributed by atoms with Crippen molar-refractivity contribution in [3.05, 3.63) is 53.9 Å². The summed E-state index contributed by atoms with van der Waals surface area (Å²) in [7, 11) is 0. The van der Waals surface area contributed by atoms with E-state index in [2.05, 4.69) is 58.7 Å². The van der Waals surface area contributed by atoms with E-state index in [1.807, 2.05) is 23.1 Å². The predicted octanol–water partition coefficient (Wildman–Crippen LogP) is 2.87. The number of hydrogen-bond donors (Lipinski definition) is 2. The van der Waals surface area contributed by atoms with Crippen LogP contribution in [-0.4, -0.2) is 46.8 Å². The molecule has 0 bridgehead atoms. The molecule has 1 aromatic heterocycles. The standard InChI is InChI=1S/C22H34N6/c1-3-23-22(24-15-19(2)17-28-14-6-11-26-28)25-16-20-7-9-21(10-8-20)18-27-12-4-5-13-27/h6-11,14,19H,3-5,12-13,15-18H2,1-2H3,(H2,23,24,25). The van der Waals surface area contributed by atoms with Crippen molar-refractivity contribution in [3.8, 4) is 0 Å². The van der Waals surface area contributed by atoms with Gasteiger partial charge in [0.1, 0.15) is 0 Å². The first-order valence-electron chi connectivity index (χ1n) is 10.5. The molecule has 0 spiro atoms. The quantitative estimate of drug-likeness (QED) is 0.517. The van der Waals surface area contributed by atoms with Crippen LogP contribution in [0.15, 0.2) is 47.7 Å². The highest BCUT2D eigenvalue weighted by Crippen LogP contribution is 2.13. The molecule has 0 aliphatic carbocycles. The third-order valence-corrected chi connectivity index (χ3v) is 5.07. The van der Waals surface area contributed by atoms with Gasteiger partial charge >= 0.3 is 0 Å². The Morgan fingerprint density at radius 1 is 1.14 bits per heavy atom. The lowest BCUT2D eigenvalue weighted by Gasteiger charge is -2.16. The lowest BCUT2D eigenvalue weighted by molar-refractivity contribution is 0.331. The maximum Gasteiger partial charge on any atom is 0.191 e. The van der Waals surface area contributed by atoms with Crippen molar-refractivity contribution in [2.75, 3.05) is 26.2 Å². The van der Waals surface area contributed by atoms with E-state index in [0.29, 0.717) is 12.5 Å². The molecule has 0 amide bonds. The number of rotatable bonds is 9. The second kappa shape index (κ2) is 10.9. The number of hydrogen-bond acceptors (Lipinski definition) is 3. The molecular formula is C22H34N6. The zero-order valence-corrected chi connectivity index (χ0v) is 17.3. The minimum Gasteiger partial charge on any atom is -0.357 e. The number of nitrogens with one attached hydrogen (secondary N) is 2. The van der Waals surface area contributed by atoms with E-state index in [0.717, 1.165) is 32.1 Å². The Bertz CT molecular complexity index is 701. The smallest absolute Gasteiger partial charge is 0.191 e. The second-order valence-corrected chi connectivity index (χ2v) is 7.71. The molecule has 6 nitrogen and oxygen atoms in total. The van der Waals surface area contributed by atoms with Crippen molar-refractivity contribution >= 4 is 5.96 Å². The fourth-order valence-electron chi connectivity index (χ4n) is 3.52. The maximum absolute atomic E-state index is 4.75. The highest BCUT2D eigenvalue weighted by molar-refractivity contribution is 5.79. The molecule has 28 heavy (non-hydrogen) atoms. The molecule has 1 aliphatic heterocycles. The largest absolute Gasteiger partial charge is 0.357 e. The number of guanidine groups is 1. The Kier molecular flexibility index (Phi) is 7.91. The SMILES string of the molecule is CCNC(=NCc1ccc(CN2CCCC2)cc1)NCC(C)Cn1cccn1. The van der Waals surface area contributed by atoms with Gasteiger partial charge < -0.3 is 10.6 Å². The molecule has 2 aromatic rings. The normalized spacial score (nSPS) is 16.3. The van der Waals surface area contributed by atoms with E-state index in [-0.39, 0.29) is 0 Å². The van der Waals surface area contributed by atoms with Crippen molar-refractivity contribution in [3.63, 3.8) is 0 Å². The lowest BCUT2D eigenvalue weighted by Crippen LogP contribution is -2.40. The van der Waals surface area contributed by atoms with Crippen LogP contribution in [0.4, 0.5) is 0 Å². The molecule has 1 saturated heterocycles. The van der Waals surface area contributed by atoms with E-state index in [9.17, 15) is 0 Å². The summed E-state index contributed by atoms with van der Waals surface area (Å²) in [4.78, 5) is 7.28. The summed E-state index contributed by atoms with van der Waals surface area (Å²) >= 11 is 0. The molecule has 1 fully saturated rings. The van der Waals surface area contributed by atoms with Gasteiger partial charge in [0.15, 0.2) is 5.96 Å². The predicted molar refractivity (Wildman–Crippen MR) is 115 cm³/mol. The Morgan fingerprint density at radius 2 is 1.89 bits per heavy atom. The number of benzene rings is 1. The molecule has 1 aliphatic rings. The zero-order chi connectivity index (χ0) is 19.6. The lowest BCUT2D eigenvalue weighted by atomic mass is 10.1. The first kappa shape index (κ1) is 20.4. The van der Waals surface area contributed by atoms with Gasteiger partial charge in [0.05, 0.1) is 6.54 Å². The molecule has 1 atom stereocenters. The van der Waals surface area contributed by atoms with Crippen LogP contribution in [0.2, 0.25) is 0 Å². The van der Waals surface area contributed by atoms with Crippen molar-refractivity contribution in [1.29, 1.82) is 0 Å². The first-order valence-corrected chi connectivity index (χ1v) is 10.5. The van der Waals surface area contributed by atoms with Crippen LogP contribution in [-0.2, 0) is 19.6 Å². The van der Waals surface area contributed by atoms with E-state index in [1.165, 1.54) is 37.1 Å². The fraction of sp³-hybridized carbons (Fsp3) is 0.545. The van der Waals surface area contributed by atoms with Gasteiger partial charge in [0, 0.05) is 38.6 Å². The van der Waals surface area contributed by atoms with Crippen molar-refractivity contribution < 1.29 is 0 Å². The van der Waals surface area contributed by atoms with Crippen molar-refractivity contribution in [1.82, 2.24) is 25.3 Å². The number of aromatic nitrogens is 2. The number of aliphatic imine (C=N–C) groups is 1. The average molecular weight is 383 g/mol.